The predicted molar refractivity (Wildman–Crippen MR) is 38.7 cm³/mol. The van der Waals surface area contributed by atoms with Gasteiger partial charge in [-0.05, 0) is 25.3 Å². The fourth-order valence-corrected chi connectivity index (χ4v) is 1.42. The van der Waals surface area contributed by atoms with Crippen molar-refractivity contribution in [1.82, 2.24) is 4.90 Å². The van der Waals surface area contributed by atoms with E-state index in [9.17, 15) is 9.90 Å². The van der Waals surface area contributed by atoms with Gasteiger partial charge in [-0.15, -0.1) is 0 Å². The van der Waals surface area contributed by atoms with Gasteiger partial charge in [0.1, 0.15) is 6.09 Å². The van der Waals surface area contributed by atoms with Gasteiger partial charge in [-0.25, -0.2) is 0 Å². The van der Waals surface area contributed by atoms with Gasteiger partial charge in [-0.2, -0.15) is 0 Å². The summed E-state index contributed by atoms with van der Waals surface area (Å²) in [5, 5.41) is 10.4. The minimum atomic E-state index is -1.07. The second-order valence-corrected chi connectivity index (χ2v) is 2.96. The summed E-state index contributed by atoms with van der Waals surface area (Å²) in [5.41, 5.74) is 5.43. The third kappa shape index (κ3) is 2.08. The number of carboxylic acid groups (broad SMARTS) is 1. The summed E-state index contributed by atoms with van der Waals surface area (Å²) >= 11 is 0. The standard InChI is InChI=1S/C7H14N2O2/c8-4-6-2-1-3-9(5-6)7(10)11/h6H,1-5,8H2,(H,10,11)/p-1. The first kappa shape index (κ1) is 8.33. The Hall–Kier alpha value is -0.770. The molecule has 11 heavy (non-hydrogen) atoms. The molecule has 0 bridgehead atoms. The van der Waals surface area contributed by atoms with Crippen LogP contribution in [0.2, 0.25) is 0 Å². The molecule has 1 fully saturated rings. The maximum absolute atomic E-state index is 10.4. The maximum atomic E-state index is 10.4. The van der Waals surface area contributed by atoms with E-state index in [-0.39, 0.29) is 0 Å². The minimum absolute atomic E-state index is 0.335. The number of amides is 1. The van der Waals surface area contributed by atoms with Gasteiger partial charge >= 0.3 is 0 Å². The van der Waals surface area contributed by atoms with Gasteiger partial charge in [0.05, 0.1) is 0 Å². The van der Waals surface area contributed by atoms with Crippen LogP contribution in [-0.4, -0.2) is 30.6 Å². The van der Waals surface area contributed by atoms with Gasteiger partial charge in [0.2, 0.25) is 0 Å². The molecule has 1 aliphatic rings. The van der Waals surface area contributed by atoms with Gasteiger partial charge < -0.3 is 20.5 Å². The number of hydrogen-bond acceptors (Lipinski definition) is 3. The summed E-state index contributed by atoms with van der Waals surface area (Å²) in [6.45, 7) is 1.74. The van der Waals surface area contributed by atoms with Crippen LogP contribution in [-0.2, 0) is 0 Å². The third-order valence-corrected chi connectivity index (χ3v) is 2.11. The lowest BCUT2D eigenvalue weighted by Gasteiger charge is -2.33. The van der Waals surface area contributed by atoms with Crippen molar-refractivity contribution in [1.29, 1.82) is 0 Å². The Balaban J connectivity index is 2.39. The number of likely N-dealkylation sites (tertiary alicyclic amines) is 1. The van der Waals surface area contributed by atoms with Gasteiger partial charge in [0, 0.05) is 13.1 Å². The largest absolute Gasteiger partial charge is 0.530 e. The van der Waals surface area contributed by atoms with E-state index in [2.05, 4.69) is 0 Å². The van der Waals surface area contributed by atoms with Crippen LogP contribution in [0.15, 0.2) is 0 Å². The first-order chi connectivity index (χ1) is 5.24. The number of nitrogens with zero attached hydrogens (tertiary/aromatic N) is 1. The topological polar surface area (TPSA) is 69.4 Å². The summed E-state index contributed by atoms with van der Waals surface area (Å²) in [7, 11) is 0. The van der Waals surface area contributed by atoms with Crippen LogP contribution in [0, 0.1) is 5.92 Å². The Morgan fingerprint density at radius 1 is 1.73 bits per heavy atom. The lowest BCUT2D eigenvalue weighted by Crippen LogP contribution is -2.47. The summed E-state index contributed by atoms with van der Waals surface area (Å²) in [5.74, 6) is 0.335. The van der Waals surface area contributed by atoms with E-state index in [0.29, 0.717) is 25.6 Å². The van der Waals surface area contributed by atoms with Crippen molar-refractivity contribution in [2.24, 2.45) is 11.7 Å². The zero-order valence-corrected chi connectivity index (χ0v) is 6.45. The van der Waals surface area contributed by atoms with Crippen molar-refractivity contribution in [2.45, 2.75) is 12.8 Å². The fourth-order valence-electron chi connectivity index (χ4n) is 1.42. The number of rotatable bonds is 1. The molecule has 0 radical (unpaired) electrons. The maximum Gasteiger partial charge on any atom is 0.136 e. The van der Waals surface area contributed by atoms with Gasteiger partial charge in [-0.3, -0.25) is 0 Å². The number of hydrogen-bond donors (Lipinski definition) is 1. The second kappa shape index (κ2) is 3.57. The number of nitrogens with two attached hydrogens (primary N) is 1. The Bertz CT molecular complexity index is 149. The summed E-state index contributed by atoms with van der Waals surface area (Å²) in [6, 6.07) is 0. The average molecular weight is 157 g/mol. The summed E-state index contributed by atoms with van der Waals surface area (Å²) < 4.78 is 0. The van der Waals surface area contributed by atoms with Crippen LogP contribution >= 0.6 is 0 Å². The van der Waals surface area contributed by atoms with Crippen LogP contribution in [0.4, 0.5) is 4.79 Å². The quantitative estimate of drug-likeness (QED) is 0.530. The molecule has 0 aromatic carbocycles. The molecule has 0 aromatic heterocycles. The molecule has 64 valence electrons. The number of carbonyl (C=O) groups is 1. The molecule has 1 atom stereocenters. The lowest BCUT2D eigenvalue weighted by molar-refractivity contribution is -0.267. The van der Waals surface area contributed by atoms with Crippen LogP contribution in [0.25, 0.3) is 0 Å². The number of carbonyl (C=O) groups excluding carboxylic acids is 1. The lowest BCUT2D eigenvalue weighted by atomic mass is 9.99. The molecule has 4 heteroatoms. The van der Waals surface area contributed by atoms with Gasteiger partial charge in [-0.1, -0.05) is 0 Å². The molecule has 2 N–H and O–H groups in total. The van der Waals surface area contributed by atoms with Crippen LogP contribution in [0.5, 0.6) is 0 Å². The molecule has 0 spiro atoms. The predicted octanol–water partition coefficient (Wildman–Crippen LogP) is -1.000. The number of piperidine rings is 1. The highest BCUT2D eigenvalue weighted by atomic mass is 16.4. The highest BCUT2D eigenvalue weighted by Crippen LogP contribution is 2.14. The highest BCUT2D eigenvalue weighted by molar-refractivity contribution is 5.62. The van der Waals surface area contributed by atoms with Crippen LogP contribution in [0.1, 0.15) is 12.8 Å². The zero-order valence-electron chi connectivity index (χ0n) is 6.45. The van der Waals surface area contributed by atoms with E-state index >= 15 is 0 Å². The van der Waals surface area contributed by atoms with Crippen molar-refractivity contribution in [3.05, 3.63) is 0 Å². The van der Waals surface area contributed by atoms with Crippen molar-refractivity contribution in [2.75, 3.05) is 19.6 Å². The van der Waals surface area contributed by atoms with E-state index in [4.69, 9.17) is 5.73 Å². The first-order valence-electron chi connectivity index (χ1n) is 3.90. The summed E-state index contributed by atoms with van der Waals surface area (Å²) in [4.78, 5) is 11.7. The fraction of sp³-hybridized carbons (Fsp3) is 0.857. The summed E-state index contributed by atoms with van der Waals surface area (Å²) in [6.07, 6.45) is 0.888. The van der Waals surface area contributed by atoms with Crippen molar-refractivity contribution < 1.29 is 9.90 Å². The third-order valence-electron chi connectivity index (χ3n) is 2.11. The molecule has 1 saturated heterocycles. The minimum Gasteiger partial charge on any atom is -0.530 e. The molecule has 0 aliphatic carbocycles. The van der Waals surface area contributed by atoms with E-state index in [1.165, 1.54) is 4.90 Å². The molecule has 0 saturated carbocycles. The molecule has 4 nitrogen and oxygen atoms in total. The van der Waals surface area contributed by atoms with Crippen LogP contribution in [0.3, 0.4) is 0 Å². The van der Waals surface area contributed by atoms with Crippen LogP contribution < -0.4 is 10.8 Å². The van der Waals surface area contributed by atoms with Crippen molar-refractivity contribution in [3.63, 3.8) is 0 Å². The Labute approximate surface area is 66.0 Å². The first-order valence-corrected chi connectivity index (χ1v) is 3.90. The van der Waals surface area contributed by atoms with Gasteiger partial charge in [0.15, 0.2) is 0 Å². The Morgan fingerprint density at radius 3 is 3.00 bits per heavy atom. The second-order valence-electron chi connectivity index (χ2n) is 2.96. The smallest absolute Gasteiger partial charge is 0.136 e. The monoisotopic (exact) mass is 157 g/mol. The molecular formula is C7H13N2O2-. The molecular weight excluding hydrogens is 144 g/mol. The molecule has 1 aliphatic heterocycles. The molecule has 1 amide bonds. The Kier molecular flexibility index (Phi) is 2.70. The molecule has 1 unspecified atom stereocenters. The van der Waals surface area contributed by atoms with Gasteiger partial charge in [0.25, 0.3) is 0 Å². The zero-order chi connectivity index (χ0) is 8.27. The van der Waals surface area contributed by atoms with E-state index in [1.807, 2.05) is 0 Å². The normalized spacial score (nSPS) is 25.2. The SMILES string of the molecule is NCC1CCCN(C(=O)[O-])C1. The molecule has 1 rings (SSSR count). The molecule has 0 aromatic rings. The van der Waals surface area contributed by atoms with E-state index in [0.717, 1.165) is 12.8 Å². The van der Waals surface area contributed by atoms with E-state index in [1.54, 1.807) is 0 Å². The molecule has 1 heterocycles. The highest BCUT2D eigenvalue weighted by Gasteiger charge is 2.17. The van der Waals surface area contributed by atoms with Crippen molar-refractivity contribution >= 4 is 6.09 Å². The Morgan fingerprint density at radius 2 is 2.45 bits per heavy atom. The average Bonchev–Trinajstić information content (AvgIpc) is 2.05. The van der Waals surface area contributed by atoms with Crippen molar-refractivity contribution in [3.8, 4) is 0 Å². The van der Waals surface area contributed by atoms with E-state index < -0.39 is 6.09 Å².